The number of nitrogens with one attached hydrogen (secondary N) is 1. The summed E-state index contributed by atoms with van der Waals surface area (Å²) in [4.78, 5) is 4.34. The molecule has 1 fully saturated rings. The van der Waals surface area contributed by atoms with Crippen molar-refractivity contribution in [2.45, 2.75) is 25.8 Å². The number of aryl methyl sites for hydroxylation is 1. The first-order chi connectivity index (χ1) is 8.24. The maximum atomic E-state index is 6.24. The van der Waals surface area contributed by atoms with Gasteiger partial charge in [-0.1, -0.05) is 17.7 Å². The third kappa shape index (κ3) is 2.15. The third-order valence-corrected chi connectivity index (χ3v) is 3.23. The lowest BCUT2D eigenvalue weighted by molar-refractivity contribution is 1.00. The van der Waals surface area contributed by atoms with Gasteiger partial charge in [0.05, 0.1) is 10.7 Å². The van der Waals surface area contributed by atoms with Crippen molar-refractivity contribution in [3.63, 3.8) is 0 Å². The van der Waals surface area contributed by atoms with E-state index in [-0.39, 0.29) is 0 Å². The van der Waals surface area contributed by atoms with E-state index in [1.54, 1.807) is 6.20 Å². The Morgan fingerprint density at radius 2 is 2.24 bits per heavy atom. The quantitative estimate of drug-likeness (QED) is 0.901. The van der Waals surface area contributed by atoms with E-state index in [4.69, 9.17) is 11.6 Å². The molecule has 3 rings (SSSR count). The summed E-state index contributed by atoms with van der Waals surface area (Å²) in [7, 11) is 0. The highest BCUT2D eigenvalue weighted by Gasteiger charge is 2.23. The first-order valence-electron chi connectivity index (χ1n) is 5.80. The molecule has 0 unspecified atom stereocenters. The third-order valence-electron chi connectivity index (χ3n) is 2.91. The minimum absolute atomic E-state index is 0.583. The van der Waals surface area contributed by atoms with E-state index in [1.165, 1.54) is 18.4 Å². The number of anilines is 1. The molecule has 1 heterocycles. The first kappa shape index (κ1) is 10.7. The van der Waals surface area contributed by atoms with E-state index in [1.807, 2.05) is 22.9 Å². The number of halogens is 1. The Bertz CT molecular complexity index is 543. The van der Waals surface area contributed by atoms with Crippen molar-refractivity contribution < 1.29 is 0 Å². The molecule has 1 saturated carbocycles. The van der Waals surface area contributed by atoms with Gasteiger partial charge in [-0.2, -0.15) is 0 Å². The van der Waals surface area contributed by atoms with Gasteiger partial charge in [0, 0.05) is 18.4 Å². The molecule has 88 valence electrons. The summed E-state index contributed by atoms with van der Waals surface area (Å²) >= 11 is 6.24. The van der Waals surface area contributed by atoms with E-state index in [9.17, 15) is 0 Å². The van der Waals surface area contributed by atoms with Crippen LogP contribution >= 0.6 is 11.6 Å². The van der Waals surface area contributed by atoms with Crippen LogP contribution in [0.4, 0.5) is 5.95 Å². The van der Waals surface area contributed by atoms with Crippen molar-refractivity contribution in [3.8, 4) is 5.69 Å². The Morgan fingerprint density at radius 1 is 1.41 bits per heavy atom. The van der Waals surface area contributed by atoms with Gasteiger partial charge in [0.1, 0.15) is 0 Å². The SMILES string of the molecule is Cc1ccc(Cl)c(-n2ccnc2NC2CC2)c1. The van der Waals surface area contributed by atoms with Crippen LogP contribution in [-0.2, 0) is 0 Å². The Kier molecular flexibility index (Phi) is 2.56. The first-order valence-corrected chi connectivity index (χ1v) is 6.18. The maximum Gasteiger partial charge on any atom is 0.207 e. The normalized spacial score (nSPS) is 14.9. The fourth-order valence-electron chi connectivity index (χ4n) is 1.82. The highest BCUT2D eigenvalue weighted by atomic mass is 35.5. The van der Waals surface area contributed by atoms with Crippen molar-refractivity contribution in [1.29, 1.82) is 0 Å². The van der Waals surface area contributed by atoms with E-state index >= 15 is 0 Å². The van der Waals surface area contributed by atoms with E-state index < -0.39 is 0 Å². The minimum atomic E-state index is 0.583. The van der Waals surface area contributed by atoms with Gasteiger partial charge < -0.3 is 5.32 Å². The van der Waals surface area contributed by atoms with Crippen LogP contribution in [0.1, 0.15) is 18.4 Å². The lowest BCUT2D eigenvalue weighted by Gasteiger charge is -2.11. The van der Waals surface area contributed by atoms with Crippen LogP contribution in [0.2, 0.25) is 5.02 Å². The molecule has 1 aliphatic carbocycles. The van der Waals surface area contributed by atoms with Crippen LogP contribution in [-0.4, -0.2) is 15.6 Å². The van der Waals surface area contributed by atoms with Crippen molar-refractivity contribution >= 4 is 17.5 Å². The molecule has 0 saturated heterocycles. The summed E-state index contributed by atoms with van der Waals surface area (Å²) < 4.78 is 2.01. The fraction of sp³-hybridized carbons (Fsp3) is 0.308. The van der Waals surface area contributed by atoms with Crippen LogP contribution < -0.4 is 5.32 Å². The van der Waals surface area contributed by atoms with Gasteiger partial charge in [-0.3, -0.25) is 4.57 Å². The largest absolute Gasteiger partial charge is 0.353 e. The Morgan fingerprint density at radius 3 is 3.00 bits per heavy atom. The average molecular weight is 248 g/mol. The molecule has 1 N–H and O–H groups in total. The molecular formula is C13H14ClN3. The molecule has 3 nitrogen and oxygen atoms in total. The lowest BCUT2D eigenvalue weighted by atomic mass is 10.2. The predicted molar refractivity (Wildman–Crippen MR) is 70.0 cm³/mol. The molecule has 1 aromatic carbocycles. The molecular weight excluding hydrogens is 234 g/mol. The molecule has 4 heteroatoms. The molecule has 1 aromatic heterocycles. The summed E-state index contributed by atoms with van der Waals surface area (Å²) in [6.07, 6.45) is 6.19. The molecule has 17 heavy (non-hydrogen) atoms. The zero-order chi connectivity index (χ0) is 11.8. The summed E-state index contributed by atoms with van der Waals surface area (Å²) in [5.41, 5.74) is 2.17. The van der Waals surface area contributed by atoms with Crippen LogP contribution in [0.25, 0.3) is 5.69 Å². The molecule has 0 aliphatic heterocycles. The summed E-state index contributed by atoms with van der Waals surface area (Å²) in [5.74, 6) is 0.875. The highest BCUT2D eigenvalue weighted by molar-refractivity contribution is 6.32. The zero-order valence-electron chi connectivity index (χ0n) is 9.65. The number of hydrogen-bond donors (Lipinski definition) is 1. The number of imidazole rings is 1. The molecule has 0 spiro atoms. The van der Waals surface area contributed by atoms with Crippen molar-refractivity contribution in [2.75, 3.05) is 5.32 Å². The van der Waals surface area contributed by atoms with Crippen molar-refractivity contribution in [1.82, 2.24) is 9.55 Å². The van der Waals surface area contributed by atoms with Gasteiger partial charge in [0.2, 0.25) is 5.95 Å². The van der Waals surface area contributed by atoms with Gasteiger partial charge in [0.25, 0.3) is 0 Å². The Labute approximate surface area is 105 Å². The van der Waals surface area contributed by atoms with Crippen molar-refractivity contribution in [2.24, 2.45) is 0 Å². The van der Waals surface area contributed by atoms with Crippen LogP contribution in [0.15, 0.2) is 30.6 Å². The zero-order valence-corrected chi connectivity index (χ0v) is 10.4. The van der Waals surface area contributed by atoms with E-state index in [0.717, 1.165) is 16.7 Å². The highest BCUT2D eigenvalue weighted by Crippen LogP contribution is 2.28. The second kappa shape index (κ2) is 4.08. The monoisotopic (exact) mass is 247 g/mol. The average Bonchev–Trinajstić information content (AvgIpc) is 3.00. The van der Waals surface area contributed by atoms with E-state index in [2.05, 4.69) is 23.3 Å². The summed E-state index contributed by atoms with van der Waals surface area (Å²) in [5, 5.41) is 4.15. The van der Waals surface area contributed by atoms with Gasteiger partial charge in [-0.15, -0.1) is 0 Å². The van der Waals surface area contributed by atoms with Crippen LogP contribution in [0, 0.1) is 6.92 Å². The number of nitrogens with zero attached hydrogens (tertiary/aromatic N) is 2. The number of rotatable bonds is 3. The van der Waals surface area contributed by atoms with Gasteiger partial charge >= 0.3 is 0 Å². The minimum Gasteiger partial charge on any atom is -0.353 e. The fourth-order valence-corrected chi connectivity index (χ4v) is 2.03. The molecule has 2 aromatic rings. The van der Waals surface area contributed by atoms with Crippen LogP contribution in [0.3, 0.4) is 0 Å². The molecule has 1 aliphatic rings. The van der Waals surface area contributed by atoms with Crippen molar-refractivity contribution in [3.05, 3.63) is 41.2 Å². The molecule has 0 radical (unpaired) electrons. The van der Waals surface area contributed by atoms with Gasteiger partial charge in [0.15, 0.2) is 0 Å². The maximum absolute atomic E-state index is 6.24. The smallest absolute Gasteiger partial charge is 0.207 e. The number of benzene rings is 1. The molecule has 0 amide bonds. The number of aromatic nitrogens is 2. The molecule has 0 bridgehead atoms. The standard InChI is InChI=1S/C13H14ClN3/c1-9-2-5-11(14)12(8-9)17-7-6-15-13(17)16-10-3-4-10/h2,5-8,10H,3-4H2,1H3,(H,15,16). The lowest BCUT2D eigenvalue weighted by Crippen LogP contribution is -2.08. The Hall–Kier alpha value is -1.48. The molecule has 0 atom stereocenters. The summed E-state index contributed by atoms with van der Waals surface area (Å²) in [6, 6.07) is 6.59. The Balaban J connectivity index is 2.01. The number of hydrogen-bond acceptors (Lipinski definition) is 2. The van der Waals surface area contributed by atoms with E-state index in [0.29, 0.717) is 6.04 Å². The van der Waals surface area contributed by atoms with Gasteiger partial charge in [-0.25, -0.2) is 4.98 Å². The summed E-state index contributed by atoms with van der Waals surface area (Å²) in [6.45, 7) is 2.06. The second-order valence-electron chi connectivity index (χ2n) is 4.49. The predicted octanol–water partition coefficient (Wildman–Crippen LogP) is 3.41. The van der Waals surface area contributed by atoms with Crippen LogP contribution in [0.5, 0.6) is 0 Å². The second-order valence-corrected chi connectivity index (χ2v) is 4.90. The van der Waals surface area contributed by atoms with Gasteiger partial charge in [-0.05, 0) is 37.5 Å². The topological polar surface area (TPSA) is 29.9 Å².